The maximum atomic E-state index is 3.26. The van der Waals surface area contributed by atoms with Gasteiger partial charge in [-0.15, -0.1) is 0 Å². The van der Waals surface area contributed by atoms with Gasteiger partial charge >= 0.3 is 0 Å². The lowest BCUT2D eigenvalue weighted by Gasteiger charge is -2.23. The molecule has 0 aromatic heterocycles. The molecule has 0 aromatic carbocycles. The number of fused-ring (bicyclic) bond motifs is 1. The van der Waals surface area contributed by atoms with Crippen molar-refractivity contribution in [2.45, 2.75) is 12.3 Å². The normalized spacial score (nSPS) is 41.0. The van der Waals surface area contributed by atoms with Gasteiger partial charge < -0.3 is 0 Å². The molecular weight excluding hydrogens is 152 g/mol. The van der Waals surface area contributed by atoms with Crippen LogP contribution in [0.1, 0.15) is 0 Å². The van der Waals surface area contributed by atoms with Crippen LogP contribution >= 0.6 is 0 Å². The fourth-order valence-electron chi connectivity index (χ4n) is 2.33. The molecule has 2 atom stereocenters. The summed E-state index contributed by atoms with van der Waals surface area (Å²) in [5, 5.41) is 0. The summed E-state index contributed by atoms with van der Waals surface area (Å²) in [5.74, 6) is 0. The minimum absolute atomic E-state index is 0.472. The molecule has 0 saturated carbocycles. The van der Waals surface area contributed by atoms with Gasteiger partial charge in [-0.3, -0.25) is 19.6 Å². The molecular formula is C8H16N4. The number of hydrogen-bond donors (Lipinski definition) is 0. The van der Waals surface area contributed by atoms with Crippen LogP contribution in [0.15, 0.2) is 0 Å². The quantitative estimate of drug-likeness (QED) is 0.476. The summed E-state index contributed by atoms with van der Waals surface area (Å²) in [6.45, 7) is 4.30. The van der Waals surface area contributed by atoms with E-state index in [4.69, 9.17) is 0 Å². The van der Waals surface area contributed by atoms with E-state index in [1.165, 1.54) is 0 Å². The topological polar surface area (TPSA) is 13.0 Å². The van der Waals surface area contributed by atoms with Crippen molar-refractivity contribution in [1.82, 2.24) is 19.6 Å². The zero-order valence-corrected chi connectivity index (χ0v) is 8.15. The van der Waals surface area contributed by atoms with Crippen molar-refractivity contribution >= 4 is 0 Å². The predicted molar refractivity (Wildman–Crippen MR) is 46.7 cm³/mol. The first-order valence-electron chi connectivity index (χ1n) is 4.23. The Hall–Kier alpha value is -0.160. The fourth-order valence-corrected chi connectivity index (χ4v) is 2.33. The van der Waals surface area contributed by atoms with Crippen molar-refractivity contribution in [2.24, 2.45) is 0 Å². The highest BCUT2D eigenvalue weighted by molar-refractivity contribution is 4.97. The van der Waals surface area contributed by atoms with Gasteiger partial charge in [0.2, 0.25) is 0 Å². The van der Waals surface area contributed by atoms with E-state index in [2.05, 4.69) is 54.5 Å². The van der Waals surface area contributed by atoms with Gasteiger partial charge in [-0.25, -0.2) is 0 Å². The first-order chi connectivity index (χ1) is 5.61. The average Bonchev–Trinajstić information content (AvgIpc) is 2.38. The molecule has 4 nitrogen and oxygen atoms in total. The summed E-state index contributed by atoms with van der Waals surface area (Å²) in [7, 11) is 8.46. The van der Waals surface area contributed by atoms with E-state index in [1.54, 1.807) is 0 Å². The molecule has 2 fully saturated rings. The Balaban J connectivity index is 2.20. The summed E-state index contributed by atoms with van der Waals surface area (Å²) < 4.78 is 0. The second kappa shape index (κ2) is 2.67. The molecule has 4 heteroatoms. The predicted octanol–water partition coefficient (Wildman–Crippen LogP) is -0.653. The largest absolute Gasteiger partial charge is 0.275 e. The van der Waals surface area contributed by atoms with E-state index in [-0.39, 0.29) is 0 Å². The van der Waals surface area contributed by atoms with E-state index < -0.39 is 0 Å². The highest BCUT2D eigenvalue weighted by Crippen LogP contribution is 2.29. The lowest BCUT2D eigenvalue weighted by molar-refractivity contribution is 0.171. The van der Waals surface area contributed by atoms with Crippen LogP contribution in [0.25, 0.3) is 0 Å². The molecule has 0 aromatic rings. The van der Waals surface area contributed by atoms with Gasteiger partial charge in [0.1, 0.15) is 6.67 Å². The third-order valence-corrected chi connectivity index (χ3v) is 2.73. The van der Waals surface area contributed by atoms with Crippen molar-refractivity contribution in [1.29, 1.82) is 0 Å². The van der Waals surface area contributed by atoms with Crippen LogP contribution in [0.2, 0.25) is 0 Å². The summed E-state index contributed by atoms with van der Waals surface area (Å²) in [4.78, 5) is 8.96. The Kier molecular flexibility index (Phi) is 1.88. The first kappa shape index (κ1) is 8.44. The van der Waals surface area contributed by atoms with Crippen LogP contribution in [-0.4, -0.2) is 66.8 Å². The molecule has 2 aliphatic heterocycles. The Labute approximate surface area is 74.3 Å². The van der Waals surface area contributed by atoms with Crippen molar-refractivity contribution < 1.29 is 0 Å². The minimum atomic E-state index is 0.472. The minimum Gasteiger partial charge on any atom is -0.275 e. The van der Waals surface area contributed by atoms with E-state index in [1.807, 2.05) is 0 Å². The van der Waals surface area contributed by atoms with E-state index >= 15 is 0 Å². The van der Waals surface area contributed by atoms with Gasteiger partial charge in [-0.2, -0.15) is 0 Å². The summed E-state index contributed by atoms with van der Waals surface area (Å²) >= 11 is 0. The van der Waals surface area contributed by atoms with Crippen LogP contribution in [-0.2, 0) is 0 Å². The molecule has 2 radical (unpaired) electrons. The summed E-state index contributed by atoms with van der Waals surface area (Å²) in [6.07, 6.45) is 0.944. The molecule has 0 aliphatic carbocycles. The third kappa shape index (κ3) is 0.992. The molecule has 0 bridgehead atoms. The highest BCUT2D eigenvalue weighted by Gasteiger charge is 2.46. The molecule has 0 unspecified atom stereocenters. The van der Waals surface area contributed by atoms with Gasteiger partial charge in [-0.05, 0) is 28.2 Å². The monoisotopic (exact) mass is 168 g/mol. The summed E-state index contributed by atoms with van der Waals surface area (Å²) in [6, 6.07) is 0. The van der Waals surface area contributed by atoms with Crippen LogP contribution < -0.4 is 0 Å². The number of likely N-dealkylation sites (N-methyl/N-ethyl adjacent to an activating group) is 4. The van der Waals surface area contributed by atoms with Gasteiger partial charge in [0, 0.05) is 0 Å². The number of hydrogen-bond acceptors (Lipinski definition) is 4. The van der Waals surface area contributed by atoms with E-state index in [0.717, 1.165) is 6.67 Å². The Morgan fingerprint density at radius 2 is 1.33 bits per heavy atom. The molecule has 0 spiro atoms. The second-order valence-electron chi connectivity index (χ2n) is 3.80. The van der Waals surface area contributed by atoms with Crippen molar-refractivity contribution in [3.8, 4) is 0 Å². The third-order valence-electron chi connectivity index (χ3n) is 2.73. The SMILES string of the molecule is CN1[C]N(C)[C@@H]2[C@H]1N(C)CN2C. The highest BCUT2D eigenvalue weighted by atomic mass is 15.6. The van der Waals surface area contributed by atoms with Gasteiger partial charge in [0.15, 0.2) is 0 Å². The van der Waals surface area contributed by atoms with E-state index in [9.17, 15) is 0 Å². The standard InChI is InChI=1S/C8H16N4/c1-9-5-10(2)8-7(9)11(3)6-12(8)4/h7-8H,5H2,1-4H3/t7-,8+. The van der Waals surface area contributed by atoms with Gasteiger partial charge in [-0.1, -0.05) is 0 Å². The molecule has 0 amide bonds. The van der Waals surface area contributed by atoms with Gasteiger partial charge in [0.05, 0.1) is 19.0 Å². The van der Waals surface area contributed by atoms with Crippen molar-refractivity contribution in [3.63, 3.8) is 0 Å². The summed E-state index contributed by atoms with van der Waals surface area (Å²) in [5.41, 5.74) is 0. The van der Waals surface area contributed by atoms with Crippen LogP contribution in [0, 0.1) is 6.67 Å². The molecule has 68 valence electrons. The maximum Gasteiger partial charge on any atom is 0.148 e. The average molecular weight is 168 g/mol. The van der Waals surface area contributed by atoms with Crippen LogP contribution in [0.3, 0.4) is 0 Å². The lowest BCUT2D eigenvalue weighted by atomic mass is 10.4. The smallest absolute Gasteiger partial charge is 0.148 e. The Morgan fingerprint density at radius 3 is 1.75 bits per heavy atom. The van der Waals surface area contributed by atoms with E-state index in [0.29, 0.717) is 12.3 Å². The zero-order chi connectivity index (χ0) is 8.88. The lowest BCUT2D eigenvalue weighted by Crippen LogP contribution is -2.42. The van der Waals surface area contributed by atoms with Crippen molar-refractivity contribution in [2.75, 3.05) is 34.9 Å². The zero-order valence-electron chi connectivity index (χ0n) is 8.15. The van der Waals surface area contributed by atoms with Gasteiger partial charge in [0.25, 0.3) is 0 Å². The number of nitrogens with zero attached hydrogens (tertiary/aromatic N) is 4. The van der Waals surface area contributed by atoms with Crippen molar-refractivity contribution in [3.05, 3.63) is 6.67 Å². The molecule has 2 rings (SSSR count). The molecule has 2 saturated heterocycles. The maximum absolute atomic E-state index is 3.26. The molecule has 2 aliphatic rings. The first-order valence-corrected chi connectivity index (χ1v) is 4.23. The van der Waals surface area contributed by atoms with Crippen LogP contribution in [0.5, 0.6) is 0 Å². The number of rotatable bonds is 0. The van der Waals surface area contributed by atoms with Crippen LogP contribution in [0.4, 0.5) is 0 Å². The Morgan fingerprint density at radius 1 is 0.917 bits per heavy atom. The molecule has 12 heavy (non-hydrogen) atoms. The molecule has 0 N–H and O–H groups in total. The second-order valence-corrected chi connectivity index (χ2v) is 3.80. The molecule has 2 heterocycles. The Bertz CT molecular complexity index is 148. The fraction of sp³-hybridized carbons (Fsp3) is 0.875.